The van der Waals surface area contributed by atoms with Gasteiger partial charge in [0.1, 0.15) is 5.69 Å². The number of fused-ring (bicyclic) bond motifs is 1. The summed E-state index contributed by atoms with van der Waals surface area (Å²) in [7, 11) is -3.73. The van der Waals surface area contributed by atoms with Crippen LogP contribution >= 0.6 is 0 Å². The summed E-state index contributed by atoms with van der Waals surface area (Å²) in [6.07, 6.45) is 6.73. The third-order valence-electron chi connectivity index (χ3n) is 7.02. The number of aliphatic hydroxyl groups excluding tert-OH is 1. The minimum atomic E-state index is -3.73. The van der Waals surface area contributed by atoms with E-state index < -0.39 is 10.0 Å². The van der Waals surface area contributed by atoms with E-state index >= 15 is 0 Å². The van der Waals surface area contributed by atoms with Crippen molar-refractivity contribution in [2.75, 3.05) is 16.6 Å². The van der Waals surface area contributed by atoms with E-state index in [4.69, 9.17) is 10.1 Å². The predicted molar refractivity (Wildman–Crippen MR) is 150 cm³/mol. The molecule has 1 aliphatic rings. The Morgan fingerprint density at radius 3 is 2.42 bits per heavy atom. The Bertz CT molecular complexity index is 1490. The van der Waals surface area contributed by atoms with E-state index in [0.29, 0.717) is 17.3 Å². The molecule has 0 bridgehead atoms. The van der Waals surface area contributed by atoms with Gasteiger partial charge in [-0.1, -0.05) is 43.2 Å². The molecule has 9 nitrogen and oxygen atoms in total. The first-order chi connectivity index (χ1) is 18.3. The Balaban J connectivity index is 1.47. The number of rotatable bonds is 9. The van der Waals surface area contributed by atoms with Crippen LogP contribution in [0.2, 0.25) is 0 Å². The summed E-state index contributed by atoms with van der Waals surface area (Å²) in [6, 6.07) is 14.1. The molecule has 3 N–H and O–H groups in total. The molecule has 0 amide bonds. The van der Waals surface area contributed by atoms with Crippen LogP contribution in [0.15, 0.2) is 59.6 Å². The summed E-state index contributed by atoms with van der Waals surface area (Å²) in [5.41, 5.74) is 3.81. The average Bonchev–Trinajstić information content (AvgIpc) is 3.29. The normalized spacial score (nSPS) is 18.0. The molecule has 0 aliphatic heterocycles. The van der Waals surface area contributed by atoms with Gasteiger partial charge < -0.3 is 10.4 Å². The second-order valence-electron chi connectivity index (χ2n) is 9.96. The highest BCUT2D eigenvalue weighted by Crippen LogP contribution is 2.35. The lowest BCUT2D eigenvalue weighted by atomic mass is 9.93. The zero-order valence-electron chi connectivity index (χ0n) is 21.8. The molecule has 1 aliphatic carbocycles. The second kappa shape index (κ2) is 11.1. The number of hydrogen-bond donors (Lipinski definition) is 3. The number of hydrogen-bond acceptors (Lipinski definition) is 7. The van der Waals surface area contributed by atoms with Crippen molar-refractivity contribution in [1.82, 2.24) is 19.7 Å². The van der Waals surface area contributed by atoms with Crippen molar-refractivity contribution in [3.63, 3.8) is 0 Å². The van der Waals surface area contributed by atoms with Gasteiger partial charge in [0, 0.05) is 24.0 Å². The summed E-state index contributed by atoms with van der Waals surface area (Å²) >= 11 is 0. The van der Waals surface area contributed by atoms with Gasteiger partial charge >= 0.3 is 0 Å². The molecule has 0 unspecified atom stereocenters. The maximum atomic E-state index is 13.0. The van der Waals surface area contributed by atoms with Gasteiger partial charge in [0.15, 0.2) is 5.65 Å². The van der Waals surface area contributed by atoms with E-state index in [2.05, 4.69) is 21.9 Å². The molecule has 1 fully saturated rings. The standard InChI is InChI=1S/C28H34N6O3S/c1-3-4-17-29-28-30-18-25-26(32-34(27(25)31-28)22-11-13-23(35)14-12-22)20-7-15-24(16-8-20)38(36,37)33-21-9-5-19(2)6-10-21/h5-10,15-16,18,22-23,33,35H,3-4,11-14,17H2,1-2H3,(H,29,30,31). The van der Waals surface area contributed by atoms with Crippen molar-refractivity contribution in [2.24, 2.45) is 0 Å². The molecule has 38 heavy (non-hydrogen) atoms. The molecule has 0 saturated heterocycles. The van der Waals surface area contributed by atoms with Crippen LogP contribution < -0.4 is 10.0 Å². The number of unbranched alkanes of at least 4 members (excludes halogenated alkanes) is 1. The Morgan fingerprint density at radius 1 is 1.03 bits per heavy atom. The van der Waals surface area contributed by atoms with Crippen LogP contribution in [0, 0.1) is 6.92 Å². The third kappa shape index (κ3) is 5.66. The molecular formula is C28H34N6O3S. The zero-order valence-corrected chi connectivity index (χ0v) is 22.6. The van der Waals surface area contributed by atoms with Gasteiger partial charge in [-0.2, -0.15) is 10.1 Å². The summed E-state index contributed by atoms with van der Waals surface area (Å²) in [4.78, 5) is 9.50. The first kappa shape index (κ1) is 26.1. The molecule has 0 atom stereocenters. The lowest BCUT2D eigenvalue weighted by molar-refractivity contribution is 0.109. The van der Waals surface area contributed by atoms with Crippen molar-refractivity contribution in [3.05, 3.63) is 60.3 Å². The van der Waals surface area contributed by atoms with Gasteiger partial charge in [-0.25, -0.2) is 18.1 Å². The summed E-state index contributed by atoms with van der Waals surface area (Å²) < 4.78 is 30.5. The van der Waals surface area contributed by atoms with Crippen molar-refractivity contribution in [1.29, 1.82) is 0 Å². The fraction of sp³-hybridized carbons (Fsp3) is 0.393. The van der Waals surface area contributed by atoms with E-state index in [0.717, 1.165) is 67.2 Å². The monoisotopic (exact) mass is 534 g/mol. The molecule has 200 valence electrons. The predicted octanol–water partition coefficient (Wildman–Crippen LogP) is 5.29. The van der Waals surface area contributed by atoms with Crippen LogP contribution in [0.25, 0.3) is 22.3 Å². The number of nitrogens with one attached hydrogen (secondary N) is 2. The molecule has 5 rings (SSSR count). The van der Waals surface area contributed by atoms with Crippen LogP contribution in [0.3, 0.4) is 0 Å². The van der Waals surface area contributed by atoms with E-state index in [9.17, 15) is 13.5 Å². The maximum absolute atomic E-state index is 13.0. The van der Waals surface area contributed by atoms with Gasteiger partial charge in [-0.15, -0.1) is 0 Å². The molecule has 2 aromatic heterocycles. The van der Waals surface area contributed by atoms with Crippen LogP contribution in [-0.4, -0.2) is 45.9 Å². The van der Waals surface area contributed by atoms with Crippen molar-refractivity contribution in [2.45, 2.75) is 69.4 Å². The molecule has 4 aromatic rings. The Labute approximate surface area is 223 Å². The van der Waals surface area contributed by atoms with Crippen molar-refractivity contribution >= 4 is 32.7 Å². The number of aryl methyl sites for hydroxylation is 1. The highest BCUT2D eigenvalue weighted by atomic mass is 32.2. The summed E-state index contributed by atoms with van der Waals surface area (Å²) in [5, 5.41) is 19.1. The van der Waals surface area contributed by atoms with Gasteiger partial charge in [0.25, 0.3) is 10.0 Å². The van der Waals surface area contributed by atoms with Crippen LogP contribution in [0.5, 0.6) is 0 Å². The quantitative estimate of drug-likeness (QED) is 0.249. The highest BCUT2D eigenvalue weighted by Gasteiger charge is 2.26. The summed E-state index contributed by atoms with van der Waals surface area (Å²) in [5.74, 6) is 0.568. The highest BCUT2D eigenvalue weighted by molar-refractivity contribution is 7.92. The Hall–Kier alpha value is -3.50. The first-order valence-corrected chi connectivity index (χ1v) is 14.7. The van der Waals surface area contributed by atoms with E-state index in [-0.39, 0.29) is 17.0 Å². The molecule has 1 saturated carbocycles. The van der Waals surface area contributed by atoms with Gasteiger partial charge in [-0.05, 0) is 63.3 Å². The minimum Gasteiger partial charge on any atom is -0.393 e. The fourth-order valence-corrected chi connectivity index (χ4v) is 5.84. The largest absolute Gasteiger partial charge is 0.393 e. The molecule has 2 heterocycles. The van der Waals surface area contributed by atoms with Crippen LogP contribution in [0.1, 0.15) is 57.1 Å². The van der Waals surface area contributed by atoms with E-state index in [1.165, 1.54) is 0 Å². The first-order valence-electron chi connectivity index (χ1n) is 13.2. The smallest absolute Gasteiger partial charge is 0.261 e. The average molecular weight is 535 g/mol. The van der Waals surface area contributed by atoms with Crippen molar-refractivity contribution in [3.8, 4) is 11.3 Å². The number of aromatic nitrogens is 4. The molecule has 0 spiro atoms. The van der Waals surface area contributed by atoms with Gasteiger partial charge in [0.2, 0.25) is 5.95 Å². The summed E-state index contributed by atoms with van der Waals surface area (Å²) in [6.45, 7) is 4.89. The third-order valence-corrected chi connectivity index (χ3v) is 8.41. The molecule has 10 heteroatoms. The topological polar surface area (TPSA) is 122 Å². The maximum Gasteiger partial charge on any atom is 0.261 e. The molecule has 2 aromatic carbocycles. The molecular weight excluding hydrogens is 500 g/mol. The Morgan fingerprint density at radius 2 is 1.74 bits per heavy atom. The van der Waals surface area contributed by atoms with Crippen molar-refractivity contribution < 1.29 is 13.5 Å². The fourth-order valence-electron chi connectivity index (χ4n) is 4.78. The second-order valence-corrected chi connectivity index (χ2v) is 11.6. The number of aliphatic hydroxyl groups is 1. The van der Waals surface area contributed by atoms with E-state index in [1.807, 2.05) is 23.7 Å². The Kier molecular flexibility index (Phi) is 7.62. The van der Waals surface area contributed by atoms with Gasteiger partial charge in [0.05, 0.1) is 22.4 Å². The lowest BCUT2D eigenvalue weighted by Gasteiger charge is -2.25. The molecule has 0 radical (unpaired) electrons. The number of anilines is 2. The zero-order chi connectivity index (χ0) is 26.7. The number of benzene rings is 2. The number of nitrogens with zero attached hydrogens (tertiary/aromatic N) is 4. The van der Waals surface area contributed by atoms with Gasteiger partial charge in [-0.3, -0.25) is 4.72 Å². The van der Waals surface area contributed by atoms with E-state index in [1.54, 1.807) is 42.6 Å². The minimum absolute atomic E-state index is 0.131. The lowest BCUT2D eigenvalue weighted by Crippen LogP contribution is -2.22. The number of sulfonamides is 1. The SMILES string of the molecule is CCCCNc1ncc2c(-c3ccc(S(=O)(=O)Nc4ccc(C)cc4)cc3)nn(C3CCC(O)CC3)c2n1. The van der Waals surface area contributed by atoms with Crippen LogP contribution in [0.4, 0.5) is 11.6 Å². The van der Waals surface area contributed by atoms with Crippen LogP contribution in [-0.2, 0) is 10.0 Å².